The van der Waals surface area contributed by atoms with Crippen molar-refractivity contribution in [3.8, 4) is 0 Å². The molecule has 2 aromatic rings. The van der Waals surface area contributed by atoms with Crippen LogP contribution in [0.4, 0.5) is 0 Å². The largest absolute Gasteiger partial charge is 0.468 e. The minimum absolute atomic E-state index is 0.0669. The lowest BCUT2D eigenvalue weighted by Gasteiger charge is -2.04. The normalized spacial score (nSPS) is 11.7. The van der Waals surface area contributed by atoms with Gasteiger partial charge in [-0.2, -0.15) is 0 Å². The molecular weight excluding hydrogens is 288 g/mol. The van der Waals surface area contributed by atoms with Gasteiger partial charge in [-0.1, -0.05) is 6.07 Å². The zero-order chi connectivity index (χ0) is 14.2. The summed E-state index contributed by atoms with van der Waals surface area (Å²) in [5, 5.41) is 0. The highest BCUT2D eigenvalue weighted by molar-refractivity contribution is 7.91. The first kappa shape index (κ1) is 13.8. The number of rotatable bonds is 3. The van der Waals surface area contributed by atoms with Crippen LogP contribution in [0.25, 0.3) is 11.0 Å². The molecule has 8 heteroatoms. The first-order valence-electron chi connectivity index (χ1n) is 5.33. The number of fused-ring (bicyclic) bond motifs is 1. The maximum atomic E-state index is 11.7. The molecular formula is C11H12N2O4S2. The highest BCUT2D eigenvalue weighted by atomic mass is 32.2. The molecule has 0 aliphatic heterocycles. The maximum absolute atomic E-state index is 11.7. The van der Waals surface area contributed by atoms with E-state index in [0.717, 1.165) is 6.26 Å². The van der Waals surface area contributed by atoms with Crippen molar-refractivity contribution in [2.75, 3.05) is 13.4 Å². The fourth-order valence-electron chi connectivity index (χ4n) is 1.81. The predicted molar refractivity (Wildman–Crippen MR) is 72.2 cm³/mol. The van der Waals surface area contributed by atoms with Gasteiger partial charge < -0.3 is 14.3 Å². The zero-order valence-corrected chi connectivity index (χ0v) is 12.0. The standard InChI is InChI=1S/C11H12N2O4S2/c1-17-9(14)6-13-7-4-3-5-8(19(2,15)16)10(7)12-11(13)18/h3-5H,6H2,1-2H3,(H,12,18). The fourth-order valence-corrected chi connectivity index (χ4v) is 2.93. The van der Waals surface area contributed by atoms with Gasteiger partial charge in [0, 0.05) is 6.26 Å². The lowest BCUT2D eigenvalue weighted by atomic mass is 10.3. The smallest absolute Gasteiger partial charge is 0.325 e. The SMILES string of the molecule is COC(=O)Cn1c(=S)[nH]c2c(S(C)(=O)=O)cccc21. The minimum atomic E-state index is -3.37. The summed E-state index contributed by atoms with van der Waals surface area (Å²) in [5.41, 5.74) is 0.956. The highest BCUT2D eigenvalue weighted by Crippen LogP contribution is 2.22. The van der Waals surface area contributed by atoms with E-state index in [1.807, 2.05) is 0 Å². The van der Waals surface area contributed by atoms with E-state index in [9.17, 15) is 13.2 Å². The van der Waals surface area contributed by atoms with Gasteiger partial charge in [0.1, 0.15) is 6.54 Å². The summed E-state index contributed by atoms with van der Waals surface area (Å²) in [7, 11) is -2.09. The van der Waals surface area contributed by atoms with E-state index in [0.29, 0.717) is 11.0 Å². The molecule has 0 aliphatic carbocycles. The Kier molecular flexibility index (Phi) is 3.46. The Bertz CT molecular complexity index is 802. The molecule has 1 N–H and O–H groups in total. The van der Waals surface area contributed by atoms with E-state index < -0.39 is 15.8 Å². The summed E-state index contributed by atoms with van der Waals surface area (Å²) in [4.78, 5) is 14.3. The van der Waals surface area contributed by atoms with E-state index >= 15 is 0 Å². The molecule has 0 bridgehead atoms. The van der Waals surface area contributed by atoms with Crippen LogP contribution < -0.4 is 0 Å². The van der Waals surface area contributed by atoms with Gasteiger partial charge in [-0.3, -0.25) is 4.79 Å². The number of nitrogens with one attached hydrogen (secondary N) is 1. The molecule has 6 nitrogen and oxygen atoms in total. The van der Waals surface area contributed by atoms with Gasteiger partial charge >= 0.3 is 5.97 Å². The van der Waals surface area contributed by atoms with Gasteiger partial charge in [-0.25, -0.2) is 8.42 Å². The van der Waals surface area contributed by atoms with Crippen LogP contribution in [-0.2, 0) is 25.9 Å². The second-order valence-corrected chi connectivity index (χ2v) is 6.39. The van der Waals surface area contributed by atoms with Crippen molar-refractivity contribution in [1.29, 1.82) is 0 Å². The lowest BCUT2D eigenvalue weighted by Crippen LogP contribution is -2.11. The third-order valence-electron chi connectivity index (χ3n) is 2.69. The number of carbonyl (C=O) groups excluding carboxylic acids is 1. The number of para-hydroxylation sites is 1. The van der Waals surface area contributed by atoms with E-state index in [1.54, 1.807) is 12.1 Å². The average Bonchev–Trinajstić information content (AvgIpc) is 2.64. The first-order valence-corrected chi connectivity index (χ1v) is 7.63. The number of esters is 1. The fraction of sp³-hybridized carbons (Fsp3) is 0.273. The number of ether oxygens (including phenoxy) is 1. The van der Waals surface area contributed by atoms with Crippen LogP contribution in [0.3, 0.4) is 0 Å². The van der Waals surface area contributed by atoms with Crippen LogP contribution in [-0.4, -0.2) is 37.3 Å². The van der Waals surface area contributed by atoms with Gasteiger partial charge in [-0.05, 0) is 24.4 Å². The van der Waals surface area contributed by atoms with Gasteiger partial charge in [0.2, 0.25) is 0 Å². The van der Waals surface area contributed by atoms with Crippen molar-refractivity contribution in [3.05, 3.63) is 23.0 Å². The Morgan fingerprint density at radius 1 is 1.47 bits per heavy atom. The molecule has 0 saturated heterocycles. The maximum Gasteiger partial charge on any atom is 0.325 e. The molecule has 0 amide bonds. The molecule has 0 atom stereocenters. The Morgan fingerprint density at radius 2 is 2.16 bits per heavy atom. The molecule has 0 fully saturated rings. The number of hydrogen-bond donors (Lipinski definition) is 1. The van der Waals surface area contributed by atoms with Crippen molar-refractivity contribution < 1.29 is 17.9 Å². The number of H-pyrrole nitrogens is 1. The van der Waals surface area contributed by atoms with E-state index in [1.165, 1.54) is 17.7 Å². The summed E-state index contributed by atoms with van der Waals surface area (Å²) < 4.78 is 29.7. The quantitative estimate of drug-likeness (QED) is 0.682. The first-order chi connectivity index (χ1) is 8.84. The van der Waals surface area contributed by atoms with Crippen LogP contribution in [0.5, 0.6) is 0 Å². The van der Waals surface area contributed by atoms with Gasteiger partial charge in [-0.15, -0.1) is 0 Å². The molecule has 0 radical (unpaired) electrons. The molecule has 0 unspecified atom stereocenters. The number of benzene rings is 1. The lowest BCUT2D eigenvalue weighted by molar-refractivity contribution is -0.141. The second kappa shape index (κ2) is 4.78. The number of aromatic nitrogens is 2. The van der Waals surface area contributed by atoms with E-state index in [4.69, 9.17) is 12.2 Å². The molecule has 1 aromatic carbocycles. The topological polar surface area (TPSA) is 81.2 Å². The predicted octanol–water partition coefficient (Wildman–Crippen LogP) is 1.28. The van der Waals surface area contributed by atoms with Crippen LogP contribution in [0.1, 0.15) is 0 Å². The number of imidazole rings is 1. The number of hydrogen-bond acceptors (Lipinski definition) is 5. The Morgan fingerprint density at radius 3 is 2.74 bits per heavy atom. The number of aromatic amines is 1. The summed E-state index contributed by atoms with van der Waals surface area (Å²) in [6.07, 6.45) is 1.12. The van der Waals surface area contributed by atoms with Crippen LogP contribution in [0.15, 0.2) is 23.1 Å². The van der Waals surface area contributed by atoms with Crippen molar-refractivity contribution >= 4 is 39.1 Å². The van der Waals surface area contributed by atoms with Crippen molar-refractivity contribution in [1.82, 2.24) is 9.55 Å². The molecule has 0 aliphatic rings. The molecule has 2 rings (SSSR count). The van der Waals surface area contributed by atoms with E-state index in [-0.39, 0.29) is 16.2 Å². The van der Waals surface area contributed by atoms with Crippen LogP contribution in [0, 0.1) is 4.77 Å². The van der Waals surface area contributed by atoms with Crippen molar-refractivity contribution in [3.63, 3.8) is 0 Å². The van der Waals surface area contributed by atoms with E-state index in [2.05, 4.69) is 9.72 Å². The number of sulfone groups is 1. The summed E-state index contributed by atoms with van der Waals surface area (Å²) in [5.74, 6) is -0.457. The van der Waals surface area contributed by atoms with Gasteiger partial charge in [0.15, 0.2) is 14.6 Å². The minimum Gasteiger partial charge on any atom is -0.468 e. The number of nitrogens with zero attached hydrogens (tertiary/aromatic N) is 1. The third kappa shape index (κ3) is 2.54. The van der Waals surface area contributed by atoms with Gasteiger partial charge in [0.05, 0.1) is 23.0 Å². The Hall–Kier alpha value is -1.67. The summed E-state index contributed by atoms with van der Waals surface area (Å²) in [6.45, 7) is -0.0669. The highest BCUT2D eigenvalue weighted by Gasteiger charge is 2.16. The molecule has 0 saturated carbocycles. The molecule has 102 valence electrons. The molecule has 1 heterocycles. The van der Waals surface area contributed by atoms with Crippen LogP contribution in [0.2, 0.25) is 0 Å². The van der Waals surface area contributed by atoms with Crippen molar-refractivity contribution in [2.24, 2.45) is 0 Å². The average molecular weight is 300 g/mol. The molecule has 0 spiro atoms. The van der Waals surface area contributed by atoms with Crippen molar-refractivity contribution in [2.45, 2.75) is 11.4 Å². The van der Waals surface area contributed by atoms with Crippen LogP contribution >= 0.6 is 12.2 Å². The molecule has 19 heavy (non-hydrogen) atoms. The summed E-state index contributed by atoms with van der Waals surface area (Å²) >= 11 is 5.11. The van der Waals surface area contributed by atoms with Gasteiger partial charge in [0.25, 0.3) is 0 Å². The third-order valence-corrected chi connectivity index (χ3v) is 4.15. The second-order valence-electron chi connectivity index (χ2n) is 4.01. The Balaban J connectivity index is 2.73. The number of carbonyl (C=O) groups is 1. The monoisotopic (exact) mass is 300 g/mol. The Labute approximate surface area is 114 Å². The number of methoxy groups -OCH3 is 1. The summed E-state index contributed by atoms with van der Waals surface area (Å²) in [6, 6.07) is 4.79. The molecule has 1 aromatic heterocycles. The zero-order valence-electron chi connectivity index (χ0n) is 10.3.